The summed E-state index contributed by atoms with van der Waals surface area (Å²) < 4.78 is 11.6. The normalized spacial score (nSPS) is 14.9. The zero-order chi connectivity index (χ0) is 30.7. The van der Waals surface area contributed by atoms with Crippen LogP contribution in [0.4, 0.5) is 10.7 Å². The highest BCUT2D eigenvalue weighted by molar-refractivity contribution is 7.16. The molecule has 1 aliphatic rings. The van der Waals surface area contributed by atoms with E-state index in [0.717, 1.165) is 36.0 Å². The number of amides is 1. The fourth-order valence-corrected chi connectivity index (χ4v) is 6.89. The molecule has 0 saturated carbocycles. The number of rotatable bonds is 8. The molecule has 0 radical (unpaired) electrons. The first kappa shape index (κ1) is 31.4. The van der Waals surface area contributed by atoms with Crippen LogP contribution in [0.25, 0.3) is 0 Å². The molecule has 1 aliphatic carbocycles. The maximum Gasteiger partial charge on any atom is 0.259 e. The van der Waals surface area contributed by atoms with Gasteiger partial charge in [0.15, 0.2) is 11.5 Å². The fourth-order valence-electron chi connectivity index (χ4n) is 5.17. The fraction of sp³-hybridized carbons (Fsp3) is 0.294. The number of hydrogen-bond acceptors (Lipinski definition) is 5. The number of nitrogens with zero attached hydrogens (tertiary/aromatic N) is 1. The monoisotopic (exact) mass is 654 g/mol. The molecule has 5 nitrogen and oxygen atoms in total. The van der Waals surface area contributed by atoms with Gasteiger partial charge in [-0.2, -0.15) is 0 Å². The quantitative estimate of drug-likeness (QED) is 0.192. The van der Waals surface area contributed by atoms with Gasteiger partial charge in [-0.25, -0.2) is 4.99 Å². The molecular weight excluding hydrogens is 623 g/mol. The molecule has 43 heavy (non-hydrogen) atoms. The van der Waals surface area contributed by atoms with Crippen LogP contribution in [0.1, 0.15) is 59.1 Å². The third kappa shape index (κ3) is 7.55. The second kappa shape index (κ2) is 13.3. The Morgan fingerprint density at radius 3 is 2.49 bits per heavy atom. The number of methoxy groups -OCH3 is 1. The molecule has 9 heteroatoms. The topological polar surface area (TPSA) is 59.9 Å². The van der Waals surface area contributed by atoms with Gasteiger partial charge < -0.3 is 14.8 Å². The van der Waals surface area contributed by atoms with Gasteiger partial charge in [-0.1, -0.05) is 61.6 Å². The largest absolute Gasteiger partial charge is 0.493 e. The molecule has 0 bridgehead atoms. The summed E-state index contributed by atoms with van der Waals surface area (Å²) in [5, 5.41) is 5.34. The van der Waals surface area contributed by atoms with Crippen LogP contribution < -0.4 is 14.8 Å². The second-order valence-electron chi connectivity index (χ2n) is 11.7. The number of fused-ring (bicyclic) bond motifs is 1. The van der Waals surface area contributed by atoms with E-state index in [9.17, 15) is 4.79 Å². The highest BCUT2D eigenvalue weighted by Gasteiger charge is 2.33. The number of halogens is 3. The highest BCUT2D eigenvalue weighted by atomic mass is 35.5. The number of anilines is 1. The van der Waals surface area contributed by atoms with Crippen LogP contribution in [-0.4, -0.2) is 19.2 Å². The van der Waals surface area contributed by atoms with Crippen LogP contribution >= 0.6 is 46.1 Å². The molecule has 224 valence electrons. The highest BCUT2D eigenvalue weighted by Crippen LogP contribution is 2.45. The van der Waals surface area contributed by atoms with Crippen molar-refractivity contribution in [1.82, 2.24) is 0 Å². The molecule has 1 atom stereocenters. The third-order valence-corrected chi connectivity index (χ3v) is 9.85. The summed E-state index contributed by atoms with van der Waals surface area (Å²) in [6.07, 6.45) is 4.60. The lowest BCUT2D eigenvalue weighted by molar-refractivity contribution is 0.102. The number of carbonyl (C=O) groups excluding carboxylic acids is 1. The maximum absolute atomic E-state index is 13.7. The maximum atomic E-state index is 13.7. The molecule has 3 aromatic carbocycles. The molecule has 1 amide bonds. The van der Waals surface area contributed by atoms with Crippen molar-refractivity contribution in [3.63, 3.8) is 0 Å². The van der Waals surface area contributed by atoms with E-state index < -0.39 is 0 Å². The Morgan fingerprint density at radius 1 is 1.02 bits per heavy atom. The van der Waals surface area contributed by atoms with Crippen molar-refractivity contribution in [2.45, 2.75) is 46.6 Å². The van der Waals surface area contributed by atoms with Crippen LogP contribution in [-0.2, 0) is 19.4 Å². The van der Waals surface area contributed by atoms with Crippen molar-refractivity contribution in [3.8, 4) is 11.5 Å². The summed E-state index contributed by atoms with van der Waals surface area (Å²) in [5.74, 6) is 1.55. The lowest BCUT2D eigenvalue weighted by Crippen LogP contribution is -2.27. The van der Waals surface area contributed by atoms with Gasteiger partial charge in [0, 0.05) is 21.8 Å². The standard InChI is InChI=1S/C34H33Cl3N2O3S/c1-34(2,3)22-7-12-25-30(17-22)43-33(31(25)32(40)39-24-10-8-23(35)9-11-24)38-18-20-6-14-28(29(16-20)41-4)42-19-21-5-13-26(36)27(37)15-21/h5-6,8-11,13-16,18,22H,7,12,17,19H2,1-4H3,(H,39,40)/t22-/m1/s1. The van der Waals surface area contributed by atoms with Crippen molar-refractivity contribution >= 4 is 68.9 Å². The summed E-state index contributed by atoms with van der Waals surface area (Å²) in [5.41, 5.74) is 4.34. The van der Waals surface area contributed by atoms with Gasteiger partial charge in [-0.05, 0) is 102 Å². The van der Waals surface area contributed by atoms with Crippen molar-refractivity contribution in [2.24, 2.45) is 16.3 Å². The first-order valence-electron chi connectivity index (χ1n) is 14.0. The average molecular weight is 656 g/mol. The van der Waals surface area contributed by atoms with E-state index in [0.29, 0.717) is 55.3 Å². The van der Waals surface area contributed by atoms with Gasteiger partial charge in [-0.15, -0.1) is 11.3 Å². The summed E-state index contributed by atoms with van der Waals surface area (Å²) in [6, 6.07) is 18.1. The summed E-state index contributed by atoms with van der Waals surface area (Å²) in [6.45, 7) is 7.17. The van der Waals surface area contributed by atoms with E-state index in [2.05, 4.69) is 26.1 Å². The minimum Gasteiger partial charge on any atom is -0.493 e. The lowest BCUT2D eigenvalue weighted by atomic mass is 9.72. The number of nitrogens with one attached hydrogen (secondary N) is 1. The molecule has 0 fully saturated rings. The molecule has 1 heterocycles. The molecule has 4 aromatic rings. The van der Waals surface area contributed by atoms with Crippen molar-refractivity contribution in [2.75, 3.05) is 12.4 Å². The van der Waals surface area contributed by atoms with E-state index in [-0.39, 0.29) is 11.3 Å². The zero-order valence-electron chi connectivity index (χ0n) is 24.5. The van der Waals surface area contributed by atoms with E-state index in [1.54, 1.807) is 61.1 Å². The predicted octanol–water partition coefficient (Wildman–Crippen LogP) is 10.4. The van der Waals surface area contributed by atoms with Gasteiger partial charge in [0.1, 0.15) is 11.6 Å². The first-order chi connectivity index (χ1) is 20.5. The third-order valence-electron chi connectivity index (χ3n) is 7.70. The van der Waals surface area contributed by atoms with E-state index in [1.165, 1.54) is 4.88 Å². The van der Waals surface area contributed by atoms with Gasteiger partial charge in [0.25, 0.3) is 5.91 Å². The average Bonchev–Trinajstić information content (AvgIpc) is 3.35. The van der Waals surface area contributed by atoms with Crippen molar-refractivity contribution < 1.29 is 14.3 Å². The Morgan fingerprint density at radius 2 is 1.79 bits per heavy atom. The van der Waals surface area contributed by atoms with Crippen LogP contribution in [0.2, 0.25) is 15.1 Å². The molecule has 0 aliphatic heterocycles. The number of hydrogen-bond donors (Lipinski definition) is 1. The van der Waals surface area contributed by atoms with Crippen LogP contribution in [0.5, 0.6) is 11.5 Å². The van der Waals surface area contributed by atoms with Crippen LogP contribution in [0, 0.1) is 11.3 Å². The van der Waals surface area contributed by atoms with Gasteiger partial charge in [0.2, 0.25) is 0 Å². The van der Waals surface area contributed by atoms with E-state index in [1.807, 2.05) is 24.3 Å². The Balaban J connectivity index is 1.40. The molecule has 5 rings (SSSR count). The minimum atomic E-state index is -0.162. The van der Waals surface area contributed by atoms with E-state index in [4.69, 9.17) is 49.3 Å². The van der Waals surface area contributed by atoms with Gasteiger partial charge >= 0.3 is 0 Å². The van der Waals surface area contributed by atoms with Crippen LogP contribution in [0.15, 0.2) is 65.7 Å². The summed E-state index contributed by atoms with van der Waals surface area (Å²) in [4.78, 5) is 19.7. The van der Waals surface area contributed by atoms with Gasteiger partial charge in [0.05, 0.1) is 22.7 Å². The molecule has 1 aromatic heterocycles. The van der Waals surface area contributed by atoms with Crippen molar-refractivity contribution in [3.05, 3.63) is 103 Å². The number of thiophene rings is 1. The second-order valence-corrected chi connectivity index (χ2v) is 14.0. The Bertz CT molecular complexity index is 1660. The summed E-state index contributed by atoms with van der Waals surface area (Å²) >= 11 is 19.8. The number of aliphatic imine (C=N–C) groups is 1. The number of benzene rings is 3. The SMILES string of the molecule is COc1cc(C=Nc2sc3c(c2C(=O)Nc2ccc(Cl)cc2)CC[C@@H](C(C)(C)C)C3)ccc1OCc1ccc(Cl)c(Cl)c1. The molecule has 1 N–H and O–H groups in total. The molecule has 0 saturated heterocycles. The molecule has 0 spiro atoms. The zero-order valence-corrected chi connectivity index (χ0v) is 27.6. The smallest absolute Gasteiger partial charge is 0.259 e. The van der Waals surface area contributed by atoms with E-state index >= 15 is 0 Å². The van der Waals surface area contributed by atoms with Crippen molar-refractivity contribution in [1.29, 1.82) is 0 Å². The van der Waals surface area contributed by atoms with Crippen LogP contribution in [0.3, 0.4) is 0 Å². The van der Waals surface area contributed by atoms with Gasteiger partial charge in [-0.3, -0.25) is 4.79 Å². The molecular formula is C34H33Cl3N2O3S. The number of ether oxygens (including phenoxy) is 2. The number of carbonyl (C=O) groups is 1. The Labute approximate surface area is 271 Å². The predicted molar refractivity (Wildman–Crippen MR) is 180 cm³/mol. The molecule has 0 unspecified atom stereocenters. The summed E-state index contributed by atoms with van der Waals surface area (Å²) in [7, 11) is 1.60. The minimum absolute atomic E-state index is 0.162. The first-order valence-corrected chi connectivity index (χ1v) is 16.0. The Kier molecular flexibility index (Phi) is 9.72. The lowest BCUT2D eigenvalue weighted by Gasteiger charge is -2.33. The Hall–Kier alpha value is -3.03.